The van der Waals surface area contributed by atoms with Crippen LogP contribution < -0.4 is 0 Å². The smallest absolute Gasteiger partial charge is 0.0473 e. The van der Waals surface area contributed by atoms with E-state index in [1.54, 1.807) is 0 Å². The molecular formula is C10H24Si. The van der Waals surface area contributed by atoms with Gasteiger partial charge in [-0.25, -0.2) is 0 Å². The van der Waals surface area contributed by atoms with E-state index in [2.05, 4.69) is 33.5 Å². The number of hydrogen-bond donors (Lipinski definition) is 0. The van der Waals surface area contributed by atoms with Gasteiger partial charge in [-0.1, -0.05) is 59.2 Å². The second kappa shape index (κ2) is 4.97. The molecule has 0 rings (SSSR count). The van der Waals surface area contributed by atoms with Gasteiger partial charge in [0.25, 0.3) is 0 Å². The van der Waals surface area contributed by atoms with Gasteiger partial charge in [0.05, 0.1) is 0 Å². The Morgan fingerprint density at radius 2 is 1.27 bits per heavy atom. The SMILES string of the molecule is CCCC(CCC)[Si](C)(C)C. The lowest BCUT2D eigenvalue weighted by atomic mass is 10.1. The van der Waals surface area contributed by atoms with E-state index in [1.807, 2.05) is 0 Å². The molecule has 0 N–H and O–H groups in total. The zero-order valence-electron chi connectivity index (χ0n) is 8.91. The van der Waals surface area contributed by atoms with Gasteiger partial charge in [-0.3, -0.25) is 0 Å². The molecule has 68 valence electrons. The van der Waals surface area contributed by atoms with Crippen LogP contribution in [0.2, 0.25) is 25.2 Å². The fraction of sp³-hybridized carbons (Fsp3) is 1.00. The summed E-state index contributed by atoms with van der Waals surface area (Å²) in [6.45, 7) is 12.1. The molecule has 0 spiro atoms. The lowest BCUT2D eigenvalue weighted by Crippen LogP contribution is -2.27. The molecule has 0 amide bonds. The summed E-state index contributed by atoms with van der Waals surface area (Å²) in [5.41, 5.74) is 1.07. The summed E-state index contributed by atoms with van der Waals surface area (Å²) in [7, 11) is -0.829. The van der Waals surface area contributed by atoms with Crippen molar-refractivity contribution < 1.29 is 0 Å². The second-order valence-electron chi connectivity index (χ2n) is 4.64. The second-order valence-corrected chi connectivity index (χ2v) is 10.2. The van der Waals surface area contributed by atoms with Crippen LogP contribution in [0.15, 0.2) is 0 Å². The topological polar surface area (TPSA) is 0 Å². The Bertz CT molecular complexity index is 85.5. The van der Waals surface area contributed by atoms with E-state index in [4.69, 9.17) is 0 Å². The Labute approximate surface area is 73.4 Å². The zero-order chi connectivity index (χ0) is 8.91. The molecule has 0 aromatic carbocycles. The van der Waals surface area contributed by atoms with Crippen molar-refractivity contribution in [3.63, 3.8) is 0 Å². The maximum atomic E-state index is 2.50. The van der Waals surface area contributed by atoms with E-state index in [0.717, 1.165) is 5.54 Å². The minimum absolute atomic E-state index is 0.829. The highest BCUT2D eigenvalue weighted by molar-refractivity contribution is 6.77. The Morgan fingerprint density at radius 3 is 1.45 bits per heavy atom. The fourth-order valence-electron chi connectivity index (χ4n) is 1.71. The van der Waals surface area contributed by atoms with Crippen LogP contribution in [0.3, 0.4) is 0 Å². The number of hydrogen-bond acceptors (Lipinski definition) is 0. The lowest BCUT2D eigenvalue weighted by Gasteiger charge is -2.28. The first-order valence-electron chi connectivity index (χ1n) is 5.02. The van der Waals surface area contributed by atoms with Crippen molar-refractivity contribution in [2.45, 2.75) is 64.7 Å². The Balaban J connectivity index is 3.88. The third-order valence-electron chi connectivity index (χ3n) is 2.50. The van der Waals surface area contributed by atoms with Crippen molar-refractivity contribution in [3.05, 3.63) is 0 Å². The average Bonchev–Trinajstić information content (AvgIpc) is 1.85. The van der Waals surface area contributed by atoms with Crippen LogP contribution in [-0.4, -0.2) is 8.07 Å². The van der Waals surface area contributed by atoms with Gasteiger partial charge in [-0.05, 0) is 5.54 Å². The molecule has 0 aromatic rings. The molecule has 11 heavy (non-hydrogen) atoms. The molecule has 0 saturated heterocycles. The van der Waals surface area contributed by atoms with Gasteiger partial charge in [0, 0.05) is 8.07 Å². The molecule has 0 aliphatic rings. The third-order valence-corrected chi connectivity index (χ3v) is 5.53. The number of rotatable bonds is 5. The largest absolute Gasteiger partial charge is 0.0693 e. The molecule has 0 aliphatic heterocycles. The summed E-state index contributed by atoms with van der Waals surface area (Å²) >= 11 is 0. The van der Waals surface area contributed by atoms with Gasteiger partial charge in [0.15, 0.2) is 0 Å². The molecule has 0 fully saturated rings. The van der Waals surface area contributed by atoms with Crippen LogP contribution in [0.5, 0.6) is 0 Å². The quantitative estimate of drug-likeness (QED) is 0.543. The molecule has 0 aliphatic carbocycles. The standard InChI is InChI=1S/C10H24Si/c1-6-8-10(9-7-2)11(3,4)5/h10H,6-9H2,1-5H3. The third kappa shape index (κ3) is 4.62. The highest BCUT2D eigenvalue weighted by Crippen LogP contribution is 2.30. The van der Waals surface area contributed by atoms with E-state index in [0.29, 0.717) is 0 Å². The van der Waals surface area contributed by atoms with Gasteiger partial charge >= 0.3 is 0 Å². The maximum absolute atomic E-state index is 2.50. The first kappa shape index (κ1) is 11.2. The van der Waals surface area contributed by atoms with E-state index < -0.39 is 8.07 Å². The van der Waals surface area contributed by atoms with Crippen LogP contribution >= 0.6 is 0 Å². The molecule has 0 aromatic heterocycles. The first-order valence-corrected chi connectivity index (χ1v) is 8.60. The predicted octanol–water partition coefficient (Wildman–Crippen LogP) is 4.30. The van der Waals surface area contributed by atoms with Gasteiger partial charge in [0.2, 0.25) is 0 Å². The molecule has 0 saturated carbocycles. The highest BCUT2D eigenvalue weighted by atomic mass is 28.3. The van der Waals surface area contributed by atoms with Crippen LogP contribution in [0, 0.1) is 0 Å². The summed E-state index contributed by atoms with van der Waals surface area (Å²) < 4.78 is 0. The summed E-state index contributed by atoms with van der Waals surface area (Å²) in [4.78, 5) is 0. The highest BCUT2D eigenvalue weighted by Gasteiger charge is 2.24. The van der Waals surface area contributed by atoms with Crippen LogP contribution in [-0.2, 0) is 0 Å². The maximum Gasteiger partial charge on any atom is 0.0473 e. The molecule has 0 bridgehead atoms. The van der Waals surface area contributed by atoms with Gasteiger partial charge in [-0.2, -0.15) is 0 Å². The van der Waals surface area contributed by atoms with Crippen molar-refractivity contribution in [1.82, 2.24) is 0 Å². The molecule has 0 atom stereocenters. The summed E-state index contributed by atoms with van der Waals surface area (Å²) in [6, 6.07) is 0. The van der Waals surface area contributed by atoms with Gasteiger partial charge in [0.1, 0.15) is 0 Å². The minimum Gasteiger partial charge on any atom is -0.0693 e. The zero-order valence-corrected chi connectivity index (χ0v) is 9.91. The van der Waals surface area contributed by atoms with Crippen LogP contribution in [0.1, 0.15) is 39.5 Å². The van der Waals surface area contributed by atoms with Gasteiger partial charge < -0.3 is 0 Å². The molecule has 0 heterocycles. The monoisotopic (exact) mass is 172 g/mol. The van der Waals surface area contributed by atoms with Crippen molar-refractivity contribution in [3.8, 4) is 0 Å². The molecule has 1 heteroatoms. The summed E-state index contributed by atoms with van der Waals surface area (Å²) in [5.74, 6) is 0. The molecule has 0 radical (unpaired) electrons. The first-order chi connectivity index (χ1) is 5.02. The normalized spacial score (nSPS) is 12.5. The fourth-order valence-corrected chi connectivity index (χ4v) is 4.02. The average molecular weight is 172 g/mol. The molecule has 0 nitrogen and oxygen atoms in total. The van der Waals surface area contributed by atoms with Crippen molar-refractivity contribution in [1.29, 1.82) is 0 Å². The van der Waals surface area contributed by atoms with Crippen molar-refractivity contribution in [2.75, 3.05) is 0 Å². The van der Waals surface area contributed by atoms with Crippen LogP contribution in [0.4, 0.5) is 0 Å². The van der Waals surface area contributed by atoms with E-state index >= 15 is 0 Å². The van der Waals surface area contributed by atoms with Crippen LogP contribution in [0.25, 0.3) is 0 Å². The lowest BCUT2D eigenvalue weighted by molar-refractivity contribution is 0.635. The van der Waals surface area contributed by atoms with Crippen molar-refractivity contribution >= 4 is 8.07 Å². The van der Waals surface area contributed by atoms with Gasteiger partial charge in [-0.15, -0.1) is 0 Å². The summed E-state index contributed by atoms with van der Waals surface area (Å²) in [6.07, 6.45) is 5.66. The minimum atomic E-state index is -0.829. The van der Waals surface area contributed by atoms with Crippen molar-refractivity contribution in [2.24, 2.45) is 0 Å². The Morgan fingerprint density at radius 1 is 0.909 bits per heavy atom. The van der Waals surface area contributed by atoms with E-state index in [1.165, 1.54) is 25.7 Å². The van der Waals surface area contributed by atoms with E-state index in [-0.39, 0.29) is 0 Å². The Kier molecular flexibility index (Phi) is 5.07. The summed E-state index contributed by atoms with van der Waals surface area (Å²) in [5, 5.41) is 0. The predicted molar refractivity (Wildman–Crippen MR) is 56.9 cm³/mol. The molecule has 0 unspecified atom stereocenters. The molecular weight excluding hydrogens is 148 g/mol. The van der Waals surface area contributed by atoms with E-state index in [9.17, 15) is 0 Å². The Hall–Kier alpha value is 0.217.